The first-order valence-electron chi connectivity index (χ1n) is 7.76. The number of nitrogens with one attached hydrogen (secondary N) is 1. The van der Waals surface area contributed by atoms with Gasteiger partial charge in [0.05, 0.1) is 16.2 Å². The van der Waals surface area contributed by atoms with E-state index >= 15 is 0 Å². The molecule has 0 atom stereocenters. The van der Waals surface area contributed by atoms with Gasteiger partial charge in [-0.25, -0.2) is 8.42 Å². The molecule has 2 rings (SSSR count). The lowest BCUT2D eigenvalue weighted by Gasteiger charge is -2.13. The van der Waals surface area contributed by atoms with Crippen LogP contribution in [0.15, 0.2) is 47.4 Å². The zero-order chi connectivity index (χ0) is 19.5. The van der Waals surface area contributed by atoms with Crippen molar-refractivity contribution in [2.45, 2.75) is 31.3 Å². The van der Waals surface area contributed by atoms with Crippen LogP contribution in [0.1, 0.15) is 23.1 Å². The van der Waals surface area contributed by atoms with E-state index in [4.69, 9.17) is 0 Å². The molecule has 0 saturated heterocycles. The van der Waals surface area contributed by atoms with Crippen LogP contribution < -0.4 is 5.32 Å². The van der Waals surface area contributed by atoms with E-state index < -0.39 is 33.2 Å². The maximum absolute atomic E-state index is 12.9. The Morgan fingerprint density at radius 2 is 1.65 bits per heavy atom. The highest BCUT2D eigenvalue weighted by Crippen LogP contribution is 2.33. The Morgan fingerprint density at radius 1 is 1.04 bits per heavy atom. The lowest BCUT2D eigenvalue weighted by molar-refractivity contribution is -0.138. The van der Waals surface area contributed by atoms with Crippen LogP contribution >= 0.6 is 0 Å². The van der Waals surface area contributed by atoms with E-state index in [-0.39, 0.29) is 22.6 Å². The summed E-state index contributed by atoms with van der Waals surface area (Å²) in [5.41, 5.74) is 0.0715. The van der Waals surface area contributed by atoms with Crippen molar-refractivity contribution in [2.24, 2.45) is 0 Å². The van der Waals surface area contributed by atoms with Gasteiger partial charge in [0.2, 0.25) is 5.91 Å². The fourth-order valence-corrected chi connectivity index (χ4v) is 3.56. The Hall–Kier alpha value is -2.35. The van der Waals surface area contributed by atoms with Crippen LogP contribution in [0.4, 0.5) is 18.9 Å². The predicted octanol–water partition coefficient (Wildman–Crippen LogP) is 4.12. The molecule has 1 N–H and O–H groups in total. The van der Waals surface area contributed by atoms with Gasteiger partial charge in [0.15, 0.2) is 9.84 Å². The summed E-state index contributed by atoms with van der Waals surface area (Å²) in [6.07, 6.45) is -4.88. The summed E-state index contributed by atoms with van der Waals surface area (Å²) in [6, 6.07) is 9.65. The molecule has 0 aromatic heterocycles. The van der Waals surface area contributed by atoms with Gasteiger partial charge >= 0.3 is 6.18 Å². The fraction of sp³-hybridized carbons (Fsp3) is 0.278. The van der Waals surface area contributed by atoms with E-state index in [9.17, 15) is 26.4 Å². The molecule has 0 fully saturated rings. The predicted molar refractivity (Wildman–Crippen MR) is 92.7 cm³/mol. The molecule has 4 nitrogen and oxygen atoms in total. The monoisotopic (exact) mass is 385 g/mol. The Morgan fingerprint density at radius 3 is 2.23 bits per heavy atom. The summed E-state index contributed by atoms with van der Waals surface area (Å²) < 4.78 is 63.1. The SMILES string of the molecule is Cc1ccc(S(=O)(=O)CCC(=O)Nc2ccc(C)c(C(F)(F)F)c2)cc1. The minimum Gasteiger partial charge on any atom is -0.326 e. The van der Waals surface area contributed by atoms with Crippen LogP contribution in [0.25, 0.3) is 0 Å². The molecule has 0 aliphatic rings. The molecule has 2 aromatic carbocycles. The molecule has 0 spiro atoms. The zero-order valence-corrected chi connectivity index (χ0v) is 15.0. The van der Waals surface area contributed by atoms with Crippen LogP contribution in [0.3, 0.4) is 0 Å². The minimum absolute atomic E-state index is 0.0272. The standard InChI is InChI=1S/C18H18F3NO3S/c1-12-3-7-15(8-4-12)26(24,25)10-9-17(23)22-14-6-5-13(2)16(11-14)18(19,20)21/h3-8,11H,9-10H2,1-2H3,(H,22,23). The van der Waals surface area contributed by atoms with Crippen molar-refractivity contribution in [3.8, 4) is 0 Å². The number of benzene rings is 2. The third kappa shape index (κ3) is 5.08. The summed E-state index contributed by atoms with van der Waals surface area (Å²) in [5.74, 6) is -1.10. The first kappa shape index (κ1) is 20.0. The molecule has 26 heavy (non-hydrogen) atoms. The molecular formula is C18H18F3NO3S. The van der Waals surface area contributed by atoms with Gasteiger partial charge in [-0.2, -0.15) is 13.2 Å². The first-order chi connectivity index (χ1) is 12.0. The lowest BCUT2D eigenvalue weighted by atomic mass is 10.1. The number of hydrogen-bond donors (Lipinski definition) is 1. The smallest absolute Gasteiger partial charge is 0.326 e. The number of alkyl halides is 3. The molecule has 8 heteroatoms. The molecule has 1 amide bonds. The van der Waals surface area contributed by atoms with E-state index in [1.54, 1.807) is 12.1 Å². The average molecular weight is 385 g/mol. The van der Waals surface area contributed by atoms with Gasteiger partial charge in [-0.1, -0.05) is 23.8 Å². The molecule has 0 unspecified atom stereocenters. The highest BCUT2D eigenvalue weighted by molar-refractivity contribution is 7.91. The topological polar surface area (TPSA) is 63.2 Å². The van der Waals surface area contributed by atoms with Gasteiger partial charge in [-0.3, -0.25) is 4.79 Å². The third-order valence-electron chi connectivity index (χ3n) is 3.80. The number of halogens is 3. The molecule has 2 aromatic rings. The second-order valence-corrected chi connectivity index (χ2v) is 8.07. The van der Waals surface area contributed by atoms with E-state index in [2.05, 4.69) is 5.32 Å². The first-order valence-corrected chi connectivity index (χ1v) is 9.41. The Kier molecular flexibility index (Phi) is 5.75. The Balaban J connectivity index is 2.04. The Bertz CT molecular complexity index is 904. The maximum atomic E-state index is 12.9. The summed E-state index contributed by atoms with van der Waals surface area (Å²) in [4.78, 5) is 12.0. The number of carbonyl (C=O) groups excluding carboxylic acids is 1. The Labute approximate surface area is 150 Å². The molecule has 0 heterocycles. The second kappa shape index (κ2) is 7.49. The summed E-state index contributed by atoms with van der Waals surface area (Å²) >= 11 is 0. The molecule has 0 aliphatic heterocycles. The van der Waals surface area contributed by atoms with E-state index in [0.717, 1.165) is 11.6 Å². The van der Waals surface area contributed by atoms with Gasteiger partial charge in [0.25, 0.3) is 0 Å². The van der Waals surface area contributed by atoms with Gasteiger partial charge in [-0.15, -0.1) is 0 Å². The normalized spacial score (nSPS) is 12.0. The summed E-state index contributed by atoms with van der Waals surface area (Å²) in [7, 11) is -3.64. The van der Waals surface area contributed by atoms with Crippen LogP contribution in [-0.2, 0) is 20.8 Å². The molecular weight excluding hydrogens is 367 g/mol. The summed E-state index contributed by atoms with van der Waals surface area (Å²) in [6.45, 7) is 3.14. The minimum atomic E-state index is -4.53. The van der Waals surface area contributed by atoms with E-state index in [0.29, 0.717) is 0 Å². The third-order valence-corrected chi connectivity index (χ3v) is 5.54. The van der Waals surface area contributed by atoms with Gasteiger partial charge < -0.3 is 5.32 Å². The lowest BCUT2D eigenvalue weighted by Crippen LogP contribution is -2.18. The number of hydrogen-bond acceptors (Lipinski definition) is 3. The zero-order valence-electron chi connectivity index (χ0n) is 14.2. The van der Waals surface area contributed by atoms with E-state index in [1.807, 2.05) is 6.92 Å². The average Bonchev–Trinajstić information content (AvgIpc) is 2.54. The van der Waals surface area contributed by atoms with Crippen LogP contribution in [0, 0.1) is 13.8 Å². The number of carbonyl (C=O) groups is 1. The fourth-order valence-electron chi connectivity index (χ4n) is 2.32. The number of amides is 1. The second-order valence-electron chi connectivity index (χ2n) is 5.96. The van der Waals surface area contributed by atoms with Crippen molar-refractivity contribution in [3.05, 3.63) is 59.2 Å². The largest absolute Gasteiger partial charge is 0.416 e. The van der Waals surface area contributed by atoms with Gasteiger partial charge in [-0.05, 0) is 43.7 Å². The van der Waals surface area contributed by atoms with Crippen molar-refractivity contribution < 1.29 is 26.4 Å². The molecule has 140 valence electrons. The van der Waals surface area contributed by atoms with Crippen molar-refractivity contribution in [3.63, 3.8) is 0 Å². The quantitative estimate of drug-likeness (QED) is 0.842. The number of rotatable bonds is 5. The molecule has 0 radical (unpaired) electrons. The van der Waals surface area contributed by atoms with Gasteiger partial charge in [0.1, 0.15) is 0 Å². The van der Waals surface area contributed by atoms with Crippen molar-refractivity contribution in [1.82, 2.24) is 0 Å². The highest BCUT2D eigenvalue weighted by atomic mass is 32.2. The van der Waals surface area contributed by atoms with Crippen LogP contribution in [0.5, 0.6) is 0 Å². The summed E-state index contributed by atoms with van der Waals surface area (Å²) in [5, 5.41) is 2.31. The van der Waals surface area contributed by atoms with Crippen molar-refractivity contribution >= 4 is 21.4 Å². The van der Waals surface area contributed by atoms with Crippen molar-refractivity contribution in [2.75, 3.05) is 11.1 Å². The molecule has 0 bridgehead atoms. The maximum Gasteiger partial charge on any atom is 0.416 e. The highest BCUT2D eigenvalue weighted by Gasteiger charge is 2.32. The van der Waals surface area contributed by atoms with Gasteiger partial charge in [0, 0.05) is 12.1 Å². The van der Waals surface area contributed by atoms with Crippen LogP contribution in [-0.4, -0.2) is 20.1 Å². The van der Waals surface area contributed by atoms with E-state index in [1.165, 1.54) is 31.2 Å². The molecule has 0 saturated carbocycles. The number of aryl methyl sites for hydroxylation is 2. The number of anilines is 1. The van der Waals surface area contributed by atoms with Crippen molar-refractivity contribution in [1.29, 1.82) is 0 Å². The van der Waals surface area contributed by atoms with Crippen LogP contribution in [0.2, 0.25) is 0 Å². The number of sulfone groups is 1. The molecule has 0 aliphatic carbocycles.